The molecular formula is C17H15BrN6S. The predicted octanol–water partition coefficient (Wildman–Crippen LogP) is 3.43. The molecule has 0 aliphatic carbocycles. The Labute approximate surface area is 156 Å². The number of rotatable bonds is 2. The summed E-state index contributed by atoms with van der Waals surface area (Å²) in [4.78, 5) is 13.7. The first kappa shape index (κ1) is 15.1. The van der Waals surface area contributed by atoms with Gasteiger partial charge in [-0.3, -0.25) is 0 Å². The normalized spacial score (nSPS) is 15.4. The smallest absolute Gasteiger partial charge is 0.186 e. The number of halogens is 1. The van der Waals surface area contributed by atoms with E-state index in [0.29, 0.717) is 0 Å². The first-order chi connectivity index (χ1) is 12.3. The molecule has 0 spiro atoms. The fraction of sp³-hybridized carbons (Fsp3) is 0.235. The van der Waals surface area contributed by atoms with E-state index in [1.807, 2.05) is 28.9 Å². The second kappa shape index (κ2) is 5.96. The van der Waals surface area contributed by atoms with E-state index in [1.165, 1.54) is 4.70 Å². The number of benzene rings is 1. The van der Waals surface area contributed by atoms with E-state index < -0.39 is 0 Å². The molecule has 126 valence electrons. The molecule has 6 nitrogen and oxygen atoms in total. The molecule has 4 heterocycles. The van der Waals surface area contributed by atoms with Gasteiger partial charge in [-0.2, -0.15) is 0 Å². The van der Waals surface area contributed by atoms with Crippen molar-refractivity contribution in [3.8, 4) is 0 Å². The Morgan fingerprint density at radius 2 is 1.84 bits per heavy atom. The Morgan fingerprint density at radius 3 is 2.72 bits per heavy atom. The van der Waals surface area contributed by atoms with Crippen LogP contribution >= 0.6 is 27.3 Å². The summed E-state index contributed by atoms with van der Waals surface area (Å²) in [5, 5.41) is 5.75. The monoisotopic (exact) mass is 414 g/mol. The molecule has 1 aromatic carbocycles. The molecule has 8 heteroatoms. The molecule has 1 saturated heterocycles. The van der Waals surface area contributed by atoms with Gasteiger partial charge in [0.15, 0.2) is 10.8 Å². The topological polar surface area (TPSA) is 49.6 Å². The standard InChI is InChI=1S/C17H15BrN6S/c18-12-1-2-13-14(11-12)25-17(20-13)23-9-7-22(8-10-23)16-4-3-15-19-5-6-24(15)21-16/h1-6,11H,7-10H2. The minimum atomic E-state index is 0.878. The maximum atomic E-state index is 4.79. The van der Waals surface area contributed by atoms with Gasteiger partial charge in [0.2, 0.25) is 0 Å². The number of hydrogen-bond donors (Lipinski definition) is 0. The largest absolute Gasteiger partial charge is 0.352 e. The summed E-state index contributed by atoms with van der Waals surface area (Å²) in [6.45, 7) is 3.77. The maximum Gasteiger partial charge on any atom is 0.186 e. The SMILES string of the molecule is Brc1ccc2nc(N3CCN(c4ccc5nccn5n4)CC3)sc2c1. The summed E-state index contributed by atoms with van der Waals surface area (Å²) < 4.78 is 4.15. The van der Waals surface area contributed by atoms with Crippen LogP contribution in [0.15, 0.2) is 47.2 Å². The quantitative estimate of drug-likeness (QED) is 0.502. The van der Waals surface area contributed by atoms with Crippen molar-refractivity contribution in [3.05, 3.63) is 47.2 Å². The molecule has 1 aliphatic rings. The third-order valence-corrected chi connectivity index (χ3v) is 6.03. The van der Waals surface area contributed by atoms with Crippen molar-refractivity contribution in [2.24, 2.45) is 0 Å². The average Bonchev–Trinajstić information content (AvgIpc) is 3.27. The molecule has 1 fully saturated rings. The van der Waals surface area contributed by atoms with Gasteiger partial charge in [-0.25, -0.2) is 14.5 Å². The highest BCUT2D eigenvalue weighted by atomic mass is 79.9. The Bertz CT molecular complexity index is 1050. The van der Waals surface area contributed by atoms with Crippen molar-refractivity contribution in [2.75, 3.05) is 36.0 Å². The molecule has 5 rings (SSSR count). The van der Waals surface area contributed by atoms with Crippen LogP contribution in [0.3, 0.4) is 0 Å². The molecule has 25 heavy (non-hydrogen) atoms. The van der Waals surface area contributed by atoms with Crippen LogP contribution in [0.4, 0.5) is 10.9 Å². The third-order valence-electron chi connectivity index (χ3n) is 4.45. The highest BCUT2D eigenvalue weighted by molar-refractivity contribution is 9.10. The number of aromatic nitrogens is 4. The van der Waals surface area contributed by atoms with Crippen LogP contribution in [0.25, 0.3) is 15.9 Å². The van der Waals surface area contributed by atoms with Gasteiger partial charge in [0.25, 0.3) is 0 Å². The minimum Gasteiger partial charge on any atom is -0.352 e. The van der Waals surface area contributed by atoms with Crippen LogP contribution in [0, 0.1) is 0 Å². The Hall–Kier alpha value is -2.19. The number of thiazole rings is 1. The van der Waals surface area contributed by atoms with Gasteiger partial charge in [-0.05, 0) is 30.3 Å². The van der Waals surface area contributed by atoms with E-state index in [1.54, 1.807) is 17.5 Å². The number of anilines is 2. The highest BCUT2D eigenvalue weighted by Crippen LogP contribution is 2.31. The predicted molar refractivity (Wildman–Crippen MR) is 105 cm³/mol. The van der Waals surface area contributed by atoms with E-state index in [-0.39, 0.29) is 0 Å². The Kier molecular flexibility index (Phi) is 3.60. The summed E-state index contributed by atoms with van der Waals surface area (Å²) in [6.07, 6.45) is 3.66. The van der Waals surface area contributed by atoms with Crippen LogP contribution in [0.2, 0.25) is 0 Å². The van der Waals surface area contributed by atoms with E-state index >= 15 is 0 Å². The molecule has 0 radical (unpaired) electrons. The number of fused-ring (bicyclic) bond motifs is 2. The molecular weight excluding hydrogens is 400 g/mol. The average molecular weight is 415 g/mol. The number of hydrogen-bond acceptors (Lipinski definition) is 6. The number of imidazole rings is 1. The second-order valence-electron chi connectivity index (χ2n) is 6.00. The van der Waals surface area contributed by atoms with Crippen molar-refractivity contribution in [1.82, 2.24) is 19.6 Å². The van der Waals surface area contributed by atoms with Crippen LogP contribution in [0.5, 0.6) is 0 Å². The van der Waals surface area contributed by atoms with Gasteiger partial charge in [0.1, 0.15) is 5.82 Å². The summed E-state index contributed by atoms with van der Waals surface area (Å²) in [7, 11) is 0. The summed E-state index contributed by atoms with van der Waals surface area (Å²) >= 11 is 5.29. The van der Waals surface area contributed by atoms with E-state index in [4.69, 9.17) is 4.98 Å². The fourth-order valence-electron chi connectivity index (χ4n) is 3.12. The van der Waals surface area contributed by atoms with Crippen molar-refractivity contribution in [2.45, 2.75) is 0 Å². The van der Waals surface area contributed by atoms with E-state index in [2.05, 4.69) is 47.9 Å². The number of piperazine rings is 1. The van der Waals surface area contributed by atoms with Gasteiger partial charge in [0, 0.05) is 43.0 Å². The van der Waals surface area contributed by atoms with Crippen LogP contribution in [-0.4, -0.2) is 45.8 Å². The lowest BCUT2D eigenvalue weighted by atomic mass is 10.3. The Morgan fingerprint density at radius 1 is 1.00 bits per heavy atom. The van der Waals surface area contributed by atoms with Crippen LogP contribution in [0.1, 0.15) is 0 Å². The van der Waals surface area contributed by atoms with Crippen molar-refractivity contribution >= 4 is 54.1 Å². The molecule has 0 unspecified atom stereocenters. The Balaban J connectivity index is 1.34. The molecule has 0 bridgehead atoms. The number of nitrogens with zero attached hydrogens (tertiary/aromatic N) is 6. The van der Waals surface area contributed by atoms with Gasteiger partial charge >= 0.3 is 0 Å². The summed E-state index contributed by atoms with van der Waals surface area (Å²) in [6, 6.07) is 10.3. The lowest BCUT2D eigenvalue weighted by Gasteiger charge is -2.35. The zero-order chi connectivity index (χ0) is 16.8. The van der Waals surface area contributed by atoms with Gasteiger partial charge < -0.3 is 9.80 Å². The lowest BCUT2D eigenvalue weighted by molar-refractivity contribution is 0.641. The summed E-state index contributed by atoms with van der Waals surface area (Å²) in [5.41, 5.74) is 1.95. The zero-order valence-corrected chi connectivity index (χ0v) is 15.7. The molecule has 0 atom stereocenters. The van der Waals surface area contributed by atoms with Crippen molar-refractivity contribution in [1.29, 1.82) is 0 Å². The highest BCUT2D eigenvalue weighted by Gasteiger charge is 2.21. The maximum absolute atomic E-state index is 4.79. The molecule has 3 aromatic heterocycles. The lowest BCUT2D eigenvalue weighted by Crippen LogP contribution is -2.46. The van der Waals surface area contributed by atoms with Crippen LogP contribution < -0.4 is 9.80 Å². The van der Waals surface area contributed by atoms with Crippen LogP contribution in [-0.2, 0) is 0 Å². The molecule has 4 aromatic rings. The first-order valence-corrected chi connectivity index (χ1v) is 9.74. The second-order valence-corrected chi connectivity index (χ2v) is 7.93. The molecule has 1 aliphatic heterocycles. The molecule has 0 amide bonds. The molecule has 0 N–H and O–H groups in total. The third kappa shape index (κ3) is 2.75. The van der Waals surface area contributed by atoms with Gasteiger partial charge in [0.05, 0.1) is 10.2 Å². The zero-order valence-electron chi connectivity index (χ0n) is 13.3. The van der Waals surface area contributed by atoms with Crippen molar-refractivity contribution < 1.29 is 0 Å². The first-order valence-electron chi connectivity index (χ1n) is 8.13. The van der Waals surface area contributed by atoms with Gasteiger partial charge in [-0.15, -0.1) is 5.10 Å². The van der Waals surface area contributed by atoms with E-state index in [0.717, 1.165) is 52.8 Å². The van der Waals surface area contributed by atoms with Crippen molar-refractivity contribution in [3.63, 3.8) is 0 Å². The minimum absolute atomic E-state index is 0.878. The van der Waals surface area contributed by atoms with E-state index in [9.17, 15) is 0 Å². The fourth-order valence-corrected chi connectivity index (χ4v) is 4.69. The molecule has 0 saturated carbocycles. The summed E-state index contributed by atoms with van der Waals surface area (Å²) in [5.74, 6) is 0.999. The van der Waals surface area contributed by atoms with Gasteiger partial charge in [-0.1, -0.05) is 27.3 Å².